The summed E-state index contributed by atoms with van der Waals surface area (Å²) in [5, 5.41) is 0. The molecule has 0 atom stereocenters. The lowest BCUT2D eigenvalue weighted by Gasteiger charge is -2.25. The average Bonchev–Trinajstić information content (AvgIpc) is 1.67. The molecule has 0 aromatic heterocycles. The van der Waals surface area contributed by atoms with Crippen LogP contribution in [0.3, 0.4) is 0 Å². The Morgan fingerprint density at radius 3 is 2.25 bits per heavy atom. The van der Waals surface area contributed by atoms with Gasteiger partial charge in [-0.25, -0.2) is 0 Å². The highest BCUT2D eigenvalue weighted by molar-refractivity contribution is 4.63. The van der Waals surface area contributed by atoms with Gasteiger partial charge in [-0.3, -0.25) is 5.73 Å². The summed E-state index contributed by atoms with van der Waals surface area (Å²) in [6, 6.07) is 0. The molecule has 0 aromatic rings. The maximum atomic E-state index is 5.42. The fourth-order valence-corrected chi connectivity index (χ4v) is 0.424. The number of quaternary nitrogens is 1. The van der Waals surface area contributed by atoms with Crippen LogP contribution < -0.4 is 5.73 Å². The summed E-state index contributed by atoms with van der Waals surface area (Å²) in [5.41, 5.74) is 5.42. The molecule has 0 radical (unpaired) electrons. The van der Waals surface area contributed by atoms with Gasteiger partial charge in [-0.15, -0.1) is 0 Å². The quantitative estimate of drug-likeness (QED) is 0.316. The molecule has 48 valence electrons. The van der Waals surface area contributed by atoms with Crippen LogP contribution in [-0.2, 0) is 0 Å². The van der Waals surface area contributed by atoms with E-state index < -0.39 is 0 Å². The third-order valence-corrected chi connectivity index (χ3v) is 1.12. The van der Waals surface area contributed by atoms with E-state index >= 15 is 0 Å². The Kier molecular flexibility index (Phi) is 2.72. The number of nitrogens with two attached hydrogens (primary N) is 1. The molecule has 2 nitrogen and oxygen atoms in total. The van der Waals surface area contributed by atoms with E-state index in [-0.39, 0.29) is 0 Å². The minimum absolute atomic E-state index is 0.673. The minimum Gasteiger partial charge on any atom is -0.313 e. The van der Waals surface area contributed by atoms with Crippen LogP contribution in [0, 0.1) is 0 Å². The maximum absolute atomic E-state index is 5.42. The molecule has 0 heterocycles. The van der Waals surface area contributed by atoms with Crippen molar-refractivity contribution in [1.82, 2.24) is 0 Å². The van der Waals surface area contributed by atoms with E-state index in [0.717, 1.165) is 11.0 Å². The van der Waals surface area contributed by atoms with Gasteiger partial charge in [0.2, 0.25) is 0 Å². The molecule has 0 rings (SSSR count). The van der Waals surface area contributed by atoms with Gasteiger partial charge in [0, 0.05) is 0 Å². The Balaban J connectivity index is 3.53. The normalized spacial score (nSPS) is 11.4. The molecule has 0 aliphatic rings. The molecule has 0 saturated carbocycles. The monoisotopic (exact) mass is 115 g/mol. The van der Waals surface area contributed by atoms with Crippen LogP contribution in [0.15, 0.2) is 12.7 Å². The first-order valence-corrected chi connectivity index (χ1v) is 2.75. The van der Waals surface area contributed by atoms with Crippen LogP contribution in [0.2, 0.25) is 0 Å². The molecular formula is C6H15N2+. The van der Waals surface area contributed by atoms with E-state index in [1.807, 2.05) is 6.08 Å². The zero-order valence-electron chi connectivity index (χ0n) is 5.72. The summed E-state index contributed by atoms with van der Waals surface area (Å²) in [6.45, 7) is 5.24. The highest BCUT2D eigenvalue weighted by Crippen LogP contribution is 1.90. The molecule has 0 unspecified atom stereocenters. The summed E-state index contributed by atoms with van der Waals surface area (Å²) in [5.74, 6) is 0. The first-order valence-electron chi connectivity index (χ1n) is 2.75. The van der Waals surface area contributed by atoms with E-state index in [1.165, 1.54) is 0 Å². The molecule has 0 amide bonds. The van der Waals surface area contributed by atoms with Gasteiger partial charge in [0.1, 0.15) is 6.67 Å². The second kappa shape index (κ2) is 2.84. The number of hydrogen-bond acceptors (Lipinski definition) is 1. The van der Waals surface area contributed by atoms with Crippen molar-refractivity contribution in [1.29, 1.82) is 0 Å². The van der Waals surface area contributed by atoms with Gasteiger partial charge in [0.05, 0.1) is 20.6 Å². The van der Waals surface area contributed by atoms with E-state index in [4.69, 9.17) is 5.73 Å². The predicted octanol–water partition coefficient (Wildman–Crippen LogP) is 0.165. The van der Waals surface area contributed by atoms with Gasteiger partial charge < -0.3 is 4.48 Å². The Bertz CT molecular complexity index is 76.6. The zero-order chi connectivity index (χ0) is 6.62. The van der Waals surface area contributed by atoms with Gasteiger partial charge in [0.25, 0.3) is 0 Å². The highest BCUT2D eigenvalue weighted by Gasteiger charge is 2.06. The SMILES string of the molecule is C=CC[N+](C)(C)CN. The van der Waals surface area contributed by atoms with E-state index in [2.05, 4.69) is 20.7 Å². The van der Waals surface area contributed by atoms with E-state index in [1.54, 1.807) is 0 Å². The fourth-order valence-electron chi connectivity index (χ4n) is 0.424. The van der Waals surface area contributed by atoms with Crippen molar-refractivity contribution in [3.63, 3.8) is 0 Å². The molecule has 0 bridgehead atoms. The second-order valence-corrected chi connectivity index (χ2v) is 2.59. The summed E-state index contributed by atoms with van der Waals surface area (Å²) in [6.07, 6.45) is 1.88. The largest absolute Gasteiger partial charge is 0.313 e. The molecule has 0 spiro atoms. The van der Waals surface area contributed by atoms with Crippen LogP contribution in [0.5, 0.6) is 0 Å². The van der Waals surface area contributed by atoms with Crippen LogP contribution in [0.1, 0.15) is 0 Å². The summed E-state index contributed by atoms with van der Waals surface area (Å²) in [4.78, 5) is 0. The van der Waals surface area contributed by atoms with Crippen LogP contribution in [-0.4, -0.2) is 31.8 Å². The molecule has 8 heavy (non-hydrogen) atoms. The zero-order valence-corrected chi connectivity index (χ0v) is 5.72. The van der Waals surface area contributed by atoms with Crippen molar-refractivity contribution in [3.05, 3.63) is 12.7 Å². The minimum atomic E-state index is 0.673. The topological polar surface area (TPSA) is 26.0 Å². The lowest BCUT2D eigenvalue weighted by atomic mass is 10.5. The molecule has 0 aromatic carbocycles. The van der Waals surface area contributed by atoms with Crippen LogP contribution in [0.4, 0.5) is 0 Å². The molecule has 2 heteroatoms. The summed E-state index contributed by atoms with van der Waals surface area (Å²) >= 11 is 0. The van der Waals surface area contributed by atoms with E-state index in [9.17, 15) is 0 Å². The van der Waals surface area contributed by atoms with Crippen molar-refractivity contribution in [2.45, 2.75) is 0 Å². The average molecular weight is 115 g/mol. The standard InChI is InChI=1S/C6H15N2/c1-4-5-8(2,3)6-7/h4H,1,5-7H2,2-3H3/q+1. The molecule has 2 N–H and O–H groups in total. The third-order valence-electron chi connectivity index (χ3n) is 1.12. The Labute approximate surface area is 51.2 Å². The number of rotatable bonds is 3. The lowest BCUT2D eigenvalue weighted by Crippen LogP contribution is -2.44. The first-order chi connectivity index (χ1) is 3.62. The Morgan fingerprint density at radius 2 is 2.12 bits per heavy atom. The molecule has 0 aliphatic heterocycles. The van der Waals surface area contributed by atoms with E-state index in [0.29, 0.717) is 6.67 Å². The molecule has 0 fully saturated rings. The van der Waals surface area contributed by atoms with Crippen LogP contribution in [0.25, 0.3) is 0 Å². The van der Waals surface area contributed by atoms with Crippen LogP contribution >= 0.6 is 0 Å². The number of hydrogen-bond donors (Lipinski definition) is 1. The van der Waals surface area contributed by atoms with Crippen molar-refractivity contribution < 1.29 is 4.48 Å². The van der Waals surface area contributed by atoms with Gasteiger partial charge in [0.15, 0.2) is 0 Å². The maximum Gasteiger partial charge on any atom is 0.129 e. The van der Waals surface area contributed by atoms with Crippen molar-refractivity contribution in [2.75, 3.05) is 27.3 Å². The summed E-state index contributed by atoms with van der Waals surface area (Å²) in [7, 11) is 4.14. The van der Waals surface area contributed by atoms with Gasteiger partial charge in [-0.1, -0.05) is 6.58 Å². The van der Waals surface area contributed by atoms with Gasteiger partial charge >= 0.3 is 0 Å². The molecular weight excluding hydrogens is 100 g/mol. The number of likely N-dealkylation sites (N-methyl/N-ethyl adjacent to an activating group) is 1. The van der Waals surface area contributed by atoms with Crippen molar-refractivity contribution >= 4 is 0 Å². The fraction of sp³-hybridized carbons (Fsp3) is 0.667. The van der Waals surface area contributed by atoms with Gasteiger partial charge in [-0.05, 0) is 6.08 Å². The molecule has 0 saturated heterocycles. The van der Waals surface area contributed by atoms with Crippen molar-refractivity contribution in [2.24, 2.45) is 5.73 Å². The lowest BCUT2D eigenvalue weighted by molar-refractivity contribution is -0.884. The Hall–Kier alpha value is -0.340. The third kappa shape index (κ3) is 2.77. The number of nitrogens with zero attached hydrogens (tertiary/aromatic N) is 1. The molecule has 0 aliphatic carbocycles. The summed E-state index contributed by atoms with van der Waals surface area (Å²) < 4.78 is 0.823. The van der Waals surface area contributed by atoms with Crippen molar-refractivity contribution in [3.8, 4) is 0 Å². The predicted molar refractivity (Wildman–Crippen MR) is 36.2 cm³/mol. The first kappa shape index (κ1) is 7.66. The highest BCUT2D eigenvalue weighted by atomic mass is 15.3. The second-order valence-electron chi connectivity index (χ2n) is 2.59. The Morgan fingerprint density at radius 1 is 1.62 bits per heavy atom. The van der Waals surface area contributed by atoms with Gasteiger partial charge in [-0.2, -0.15) is 0 Å². The smallest absolute Gasteiger partial charge is 0.129 e.